The van der Waals surface area contributed by atoms with Crippen LogP contribution in [0.3, 0.4) is 0 Å². The Hall–Kier alpha value is -2.59. The van der Waals surface area contributed by atoms with Crippen LogP contribution < -0.4 is 15.0 Å². The maximum absolute atomic E-state index is 13.0. The van der Waals surface area contributed by atoms with Crippen molar-refractivity contribution in [3.63, 3.8) is 0 Å². The van der Waals surface area contributed by atoms with Crippen LogP contribution in [0.4, 0.5) is 13.2 Å². The van der Waals surface area contributed by atoms with Crippen LogP contribution in [0, 0.1) is 13.8 Å². The van der Waals surface area contributed by atoms with Crippen molar-refractivity contribution < 1.29 is 31.1 Å². The first-order valence-corrected chi connectivity index (χ1v) is 9.16. The number of amides is 1. The Balaban J connectivity index is 2.02. The summed E-state index contributed by atoms with van der Waals surface area (Å²) in [7, 11) is -4.62. The topological polar surface area (TPSA) is 84.5 Å². The molecule has 0 aromatic heterocycles. The highest BCUT2D eigenvalue weighted by atomic mass is 32.2. The van der Waals surface area contributed by atoms with Crippen LogP contribution >= 0.6 is 0 Å². The third kappa shape index (κ3) is 5.44. The molecule has 0 bridgehead atoms. The van der Waals surface area contributed by atoms with Crippen LogP contribution in [0.2, 0.25) is 0 Å². The molecule has 0 spiro atoms. The Bertz CT molecular complexity index is 943. The second kappa shape index (κ2) is 7.97. The smallest absolute Gasteiger partial charge is 0.417 e. The van der Waals surface area contributed by atoms with E-state index in [2.05, 4.69) is 0 Å². The van der Waals surface area contributed by atoms with Gasteiger partial charge < -0.3 is 4.74 Å². The molecule has 0 fully saturated rings. The molecule has 0 aliphatic heterocycles. The molecule has 0 atom stereocenters. The number of halogens is 3. The minimum atomic E-state index is -4.86. The molecule has 0 radical (unpaired) electrons. The minimum absolute atomic E-state index is 0.432. The normalized spacial score (nSPS) is 11.9. The fourth-order valence-electron chi connectivity index (χ4n) is 2.25. The predicted octanol–water partition coefficient (Wildman–Crippen LogP) is 2.71. The first-order chi connectivity index (χ1) is 12.5. The van der Waals surface area contributed by atoms with Gasteiger partial charge in [-0.05, 0) is 37.6 Å². The van der Waals surface area contributed by atoms with Crippen LogP contribution in [-0.2, 0) is 21.0 Å². The lowest BCUT2D eigenvalue weighted by Gasteiger charge is -2.14. The van der Waals surface area contributed by atoms with E-state index in [1.165, 1.54) is 0 Å². The zero-order chi connectivity index (χ0) is 20.2. The lowest BCUT2D eigenvalue weighted by Crippen LogP contribution is -2.44. The van der Waals surface area contributed by atoms with Gasteiger partial charge in [0.25, 0.3) is 15.9 Å². The van der Waals surface area contributed by atoms with Gasteiger partial charge in [-0.15, -0.1) is 4.83 Å². The summed E-state index contributed by atoms with van der Waals surface area (Å²) in [6.45, 7) is 3.14. The van der Waals surface area contributed by atoms with Gasteiger partial charge in [-0.3, -0.25) is 10.2 Å². The van der Waals surface area contributed by atoms with Gasteiger partial charge >= 0.3 is 6.18 Å². The van der Waals surface area contributed by atoms with E-state index in [-0.39, 0.29) is 0 Å². The SMILES string of the molecule is Cc1ccc(OCC(=O)NNS(=O)(=O)c2ccccc2C(F)(F)F)c(C)c1. The number of aryl methyl sites for hydroxylation is 2. The molecule has 0 saturated heterocycles. The second-order valence-corrected chi connectivity index (χ2v) is 7.36. The molecular weight excluding hydrogens is 385 g/mol. The van der Waals surface area contributed by atoms with Crippen molar-refractivity contribution in [1.82, 2.24) is 10.3 Å². The minimum Gasteiger partial charge on any atom is -0.483 e. The Labute approximate surface area is 154 Å². The Morgan fingerprint density at radius 2 is 1.78 bits per heavy atom. The molecule has 2 aromatic carbocycles. The fraction of sp³-hybridized carbons (Fsp3) is 0.235. The molecular formula is C17H17F3N2O4S. The molecule has 2 N–H and O–H groups in total. The van der Waals surface area contributed by atoms with Gasteiger partial charge in [0.05, 0.1) is 10.5 Å². The molecule has 6 nitrogen and oxygen atoms in total. The second-order valence-electron chi connectivity index (χ2n) is 5.71. The number of hydrogen-bond donors (Lipinski definition) is 2. The van der Waals surface area contributed by atoms with E-state index in [0.717, 1.165) is 29.3 Å². The van der Waals surface area contributed by atoms with Crippen LogP contribution in [0.25, 0.3) is 0 Å². The number of carbonyl (C=O) groups is 1. The van der Waals surface area contributed by atoms with Gasteiger partial charge in [-0.2, -0.15) is 13.2 Å². The Morgan fingerprint density at radius 1 is 1.11 bits per heavy atom. The molecule has 2 aromatic rings. The summed E-state index contributed by atoms with van der Waals surface area (Å²) in [5, 5.41) is 0. The number of carbonyl (C=O) groups excluding carboxylic acids is 1. The van der Waals surface area contributed by atoms with E-state index in [4.69, 9.17) is 4.74 Å². The van der Waals surface area contributed by atoms with E-state index in [1.54, 1.807) is 23.9 Å². The molecule has 0 aliphatic rings. The van der Waals surface area contributed by atoms with E-state index >= 15 is 0 Å². The highest BCUT2D eigenvalue weighted by Gasteiger charge is 2.36. The summed E-state index contributed by atoms with van der Waals surface area (Å²) in [4.78, 5) is 12.4. The lowest BCUT2D eigenvalue weighted by atomic mass is 10.1. The first-order valence-electron chi connectivity index (χ1n) is 7.67. The average Bonchev–Trinajstić information content (AvgIpc) is 2.58. The van der Waals surface area contributed by atoms with Gasteiger partial charge in [0.2, 0.25) is 0 Å². The van der Waals surface area contributed by atoms with Crippen molar-refractivity contribution in [2.75, 3.05) is 6.61 Å². The highest BCUT2D eigenvalue weighted by molar-refractivity contribution is 7.89. The molecule has 1 amide bonds. The lowest BCUT2D eigenvalue weighted by molar-refractivity contribution is -0.139. The predicted molar refractivity (Wildman–Crippen MR) is 91.3 cm³/mol. The van der Waals surface area contributed by atoms with Crippen molar-refractivity contribution >= 4 is 15.9 Å². The summed E-state index contributed by atoms with van der Waals surface area (Å²) in [5.41, 5.74) is 2.28. The molecule has 0 unspecified atom stereocenters. The van der Waals surface area contributed by atoms with Gasteiger partial charge in [-0.25, -0.2) is 8.42 Å². The number of hydrogen-bond acceptors (Lipinski definition) is 4. The molecule has 146 valence electrons. The third-order valence-electron chi connectivity index (χ3n) is 3.50. The van der Waals surface area contributed by atoms with Crippen LogP contribution in [-0.4, -0.2) is 20.9 Å². The number of sulfonamides is 1. The molecule has 0 aliphatic carbocycles. The number of hydrazine groups is 1. The van der Waals surface area contributed by atoms with E-state index in [0.29, 0.717) is 11.8 Å². The van der Waals surface area contributed by atoms with Crippen molar-refractivity contribution in [2.24, 2.45) is 0 Å². The van der Waals surface area contributed by atoms with Crippen molar-refractivity contribution in [2.45, 2.75) is 24.9 Å². The van der Waals surface area contributed by atoms with Crippen LogP contribution in [0.1, 0.15) is 16.7 Å². The molecule has 0 heterocycles. The third-order valence-corrected chi connectivity index (χ3v) is 4.80. The van der Waals surface area contributed by atoms with Crippen LogP contribution in [0.15, 0.2) is 47.4 Å². The van der Waals surface area contributed by atoms with Crippen molar-refractivity contribution in [3.05, 3.63) is 59.2 Å². The van der Waals surface area contributed by atoms with Crippen molar-refractivity contribution in [3.8, 4) is 5.75 Å². The maximum Gasteiger partial charge on any atom is 0.417 e. The number of nitrogens with one attached hydrogen (secondary N) is 2. The fourth-order valence-corrected chi connectivity index (χ4v) is 3.34. The van der Waals surface area contributed by atoms with E-state index in [9.17, 15) is 26.4 Å². The molecule has 2 rings (SSSR count). The summed E-state index contributed by atoms with van der Waals surface area (Å²) < 4.78 is 68.3. The highest BCUT2D eigenvalue weighted by Crippen LogP contribution is 2.33. The Kier molecular flexibility index (Phi) is 6.11. The summed E-state index contributed by atoms with van der Waals surface area (Å²) >= 11 is 0. The van der Waals surface area contributed by atoms with Gasteiger partial charge in [-0.1, -0.05) is 29.8 Å². The van der Waals surface area contributed by atoms with E-state index in [1.807, 2.05) is 18.4 Å². The monoisotopic (exact) mass is 402 g/mol. The zero-order valence-electron chi connectivity index (χ0n) is 14.4. The number of benzene rings is 2. The largest absolute Gasteiger partial charge is 0.483 e. The summed E-state index contributed by atoms with van der Waals surface area (Å²) in [6.07, 6.45) is -4.86. The average molecular weight is 402 g/mol. The Morgan fingerprint density at radius 3 is 2.41 bits per heavy atom. The standard InChI is InChI=1S/C17H17F3N2O4S/c1-11-7-8-14(12(2)9-11)26-10-16(23)21-22-27(24,25)15-6-4-3-5-13(15)17(18,19)20/h3-9,22H,10H2,1-2H3,(H,21,23). The number of alkyl halides is 3. The maximum atomic E-state index is 13.0. The molecule has 10 heteroatoms. The van der Waals surface area contributed by atoms with Crippen LogP contribution in [0.5, 0.6) is 5.75 Å². The number of ether oxygens (including phenoxy) is 1. The zero-order valence-corrected chi connectivity index (χ0v) is 15.2. The first kappa shape index (κ1) is 20.7. The summed E-state index contributed by atoms with van der Waals surface area (Å²) in [6, 6.07) is 8.92. The van der Waals surface area contributed by atoms with Gasteiger partial charge in [0.1, 0.15) is 5.75 Å². The molecule has 27 heavy (non-hydrogen) atoms. The quantitative estimate of drug-likeness (QED) is 0.728. The molecule has 0 saturated carbocycles. The van der Waals surface area contributed by atoms with E-state index < -0.39 is 39.2 Å². The van der Waals surface area contributed by atoms with Gasteiger partial charge in [0.15, 0.2) is 6.61 Å². The van der Waals surface area contributed by atoms with Gasteiger partial charge in [0, 0.05) is 0 Å². The van der Waals surface area contributed by atoms with Crippen molar-refractivity contribution in [1.29, 1.82) is 0 Å². The summed E-state index contributed by atoms with van der Waals surface area (Å²) in [5.74, 6) is -0.441. The number of rotatable bonds is 6.